The lowest BCUT2D eigenvalue weighted by Crippen LogP contribution is -3.00. The zero-order valence-corrected chi connectivity index (χ0v) is 22.3. The Bertz CT molecular complexity index is 1390. The summed E-state index contributed by atoms with van der Waals surface area (Å²) in [6.07, 6.45) is 3.55. The number of piperidine rings is 3. The van der Waals surface area contributed by atoms with E-state index in [1.807, 2.05) is 60.7 Å². The largest absolute Gasteiger partial charge is 1.00 e. The highest BCUT2D eigenvalue weighted by Gasteiger charge is 2.48. The molecule has 1 N–H and O–H groups in total. The molecule has 2 atom stereocenters. The van der Waals surface area contributed by atoms with Crippen LogP contribution in [-0.4, -0.2) is 41.2 Å². The number of halogens is 2. The predicted molar refractivity (Wildman–Crippen MR) is 142 cm³/mol. The van der Waals surface area contributed by atoms with Gasteiger partial charge in [0.05, 0.1) is 13.1 Å². The lowest BCUT2D eigenvalue weighted by Gasteiger charge is -2.51. The molecular weight excluding hydrogens is 517 g/mol. The predicted octanol–water partition coefficient (Wildman–Crippen LogP) is 2.99. The van der Waals surface area contributed by atoms with Crippen LogP contribution in [0.5, 0.6) is 0 Å². The maximum absolute atomic E-state index is 14.1. The Morgan fingerprint density at radius 3 is 2.46 bits per heavy atom. The van der Waals surface area contributed by atoms with Gasteiger partial charge >= 0.3 is 5.97 Å². The molecule has 0 saturated carbocycles. The molecule has 0 aliphatic carbocycles. The minimum atomic E-state index is -0.805. The van der Waals surface area contributed by atoms with Gasteiger partial charge in [0.1, 0.15) is 30.9 Å². The summed E-state index contributed by atoms with van der Waals surface area (Å²) in [6.45, 7) is 3.54. The van der Waals surface area contributed by atoms with Gasteiger partial charge in [0.2, 0.25) is 5.89 Å². The number of carbonyl (C=O) groups is 1. The van der Waals surface area contributed by atoms with Crippen LogP contribution in [0.25, 0.3) is 11.5 Å². The molecule has 3 saturated heterocycles. The van der Waals surface area contributed by atoms with Gasteiger partial charge < -0.3 is 31.4 Å². The number of ether oxygens (including phenoxy) is 1. The van der Waals surface area contributed by atoms with Crippen molar-refractivity contribution >= 4 is 11.7 Å². The molecule has 3 aromatic carbocycles. The molecule has 6 nitrogen and oxygen atoms in total. The first-order valence-corrected chi connectivity index (χ1v) is 13.2. The molecule has 3 aliphatic heterocycles. The van der Waals surface area contributed by atoms with Crippen molar-refractivity contribution in [1.29, 1.82) is 0 Å². The highest BCUT2D eigenvalue weighted by Crippen LogP contribution is 2.38. The van der Waals surface area contributed by atoms with Crippen molar-refractivity contribution in [3.05, 3.63) is 108 Å². The van der Waals surface area contributed by atoms with Gasteiger partial charge in [0, 0.05) is 30.0 Å². The van der Waals surface area contributed by atoms with E-state index in [0.29, 0.717) is 17.4 Å². The highest BCUT2D eigenvalue weighted by molar-refractivity contribution is 5.81. The number of para-hydroxylation sites is 1. The fourth-order valence-corrected chi connectivity index (χ4v) is 5.90. The fraction of sp³-hybridized carbons (Fsp3) is 0.290. The molecule has 4 aromatic rings. The smallest absolute Gasteiger partial charge is 0.333 e. The highest BCUT2D eigenvalue weighted by atomic mass is 35.5. The molecule has 0 spiro atoms. The van der Waals surface area contributed by atoms with Crippen LogP contribution in [0.1, 0.15) is 30.1 Å². The van der Waals surface area contributed by atoms with Gasteiger partial charge in [0.25, 0.3) is 0 Å². The summed E-state index contributed by atoms with van der Waals surface area (Å²) in [5.41, 5.74) is 3.19. The van der Waals surface area contributed by atoms with Crippen molar-refractivity contribution in [2.45, 2.75) is 31.5 Å². The Balaban J connectivity index is 0.00000308. The first-order valence-electron chi connectivity index (χ1n) is 13.2. The van der Waals surface area contributed by atoms with Crippen molar-refractivity contribution < 1.29 is 35.2 Å². The van der Waals surface area contributed by atoms with E-state index in [9.17, 15) is 9.18 Å². The third-order valence-electron chi connectivity index (χ3n) is 7.88. The normalized spacial score (nSPS) is 22.5. The summed E-state index contributed by atoms with van der Waals surface area (Å²) >= 11 is 0. The van der Waals surface area contributed by atoms with E-state index in [1.54, 1.807) is 18.4 Å². The van der Waals surface area contributed by atoms with Crippen LogP contribution >= 0.6 is 0 Å². The van der Waals surface area contributed by atoms with Crippen LogP contribution in [0.15, 0.2) is 95.6 Å². The molecule has 202 valence electrons. The second-order valence-corrected chi connectivity index (χ2v) is 10.5. The standard InChI is InChI=1S/C31H31FN3O3.ClH/c32-25-11-7-10-24(18-25)29(33-26-12-5-2-6-13-26)31(36)38-28-20-35(16-14-22(28)15-17-35)19-27-21-37-30(34-27)23-8-3-1-4-9-23;/h1-13,18,21-22,28-29,33H,14-17,19-20H2;1H/q+1;/p-1/t22?,28-,29?,35?;/m0./s1. The summed E-state index contributed by atoms with van der Waals surface area (Å²) < 4.78 is 26.9. The quantitative estimate of drug-likeness (QED) is 0.271. The maximum atomic E-state index is 14.1. The van der Waals surface area contributed by atoms with Crippen LogP contribution in [0.2, 0.25) is 0 Å². The lowest BCUT2D eigenvalue weighted by molar-refractivity contribution is -0.958. The number of quaternary nitrogens is 1. The second-order valence-electron chi connectivity index (χ2n) is 10.5. The minimum Gasteiger partial charge on any atom is -1.00 e. The molecule has 7 rings (SSSR count). The van der Waals surface area contributed by atoms with Crippen molar-refractivity contribution in [2.75, 3.05) is 25.0 Å². The van der Waals surface area contributed by atoms with E-state index >= 15 is 0 Å². The third kappa shape index (κ3) is 6.00. The number of hydrogen-bond donors (Lipinski definition) is 1. The van der Waals surface area contributed by atoms with Gasteiger partial charge in [-0.2, -0.15) is 0 Å². The Kier molecular flexibility index (Phi) is 8.00. The lowest BCUT2D eigenvalue weighted by atomic mass is 9.83. The van der Waals surface area contributed by atoms with E-state index in [0.717, 1.165) is 60.4 Å². The molecule has 0 amide bonds. The van der Waals surface area contributed by atoms with Crippen molar-refractivity contribution in [2.24, 2.45) is 5.92 Å². The number of carbonyl (C=O) groups excluding carboxylic acids is 1. The van der Waals surface area contributed by atoms with E-state index in [2.05, 4.69) is 5.32 Å². The van der Waals surface area contributed by atoms with Crippen LogP contribution in [-0.2, 0) is 16.1 Å². The Morgan fingerprint density at radius 1 is 1.03 bits per heavy atom. The van der Waals surface area contributed by atoms with Gasteiger partial charge in [-0.3, -0.25) is 0 Å². The van der Waals surface area contributed by atoms with Crippen LogP contribution < -0.4 is 17.7 Å². The number of hydrogen-bond acceptors (Lipinski definition) is 5. The van der Waals surface area contributed by atoms with Crippen LogP contribution in [0.4, 0.5) is 10.1 Å². The number of aromatic nitrogens is 1. The van der Waals surface area contributed by atoms with E-state index < -0.39 is 6.04 Å². The summed E-state index contributed by atoms with van der Waals surface area (Å²) in [4.78, 5) is 18.3. The van der Waals surface area contributed by atoms with Crippen LogP contribution in [0, 0.1) is 11.7 Å². The molecule has 2 bridgehead atoms. The molecule has 4 heterocycles. The van der Waals surface area contributed by atoms with Crippen LogP contribution in [0.3, 0.4) is 0 Å². The molecule has 1 aromatic heterocycles. The van der Waals surface area contributed by atoms with Crippen molar-refractivity contribution in [1.82, 2.24) is 4.98 Å². The molecule has 1 unspecified atom stereocenters. The summed E-state index contributed by atoms with van der Waals surface area (Å²) in [6, 6.07) is 24.7. The summed E-state index contributed by atoms with van der Waals surface area (Å²) in [5.74, 6) is 0.189. The van der Waals surface area contributed by atoms with Crippen molar-refractivity contribution in [3.63, 3.8) is 0 Å². The number of rotatable bonds is 8. The molecule has 8 heteroatoms. The van der Waals surface area contributed by atoms with Crippen molar-refractivity contribution in [3.8, 4) is 11.5 Å². The molecule has 0 radical (unpaired) electrons. The van der Waals surface area contributed by atoms with Gasteiger partial charge in [-0.05, 0) is 42.0 Å². The van der Waals surface area contributed by atoms with E-state index in [1.165, 1.54) is 12.1 Å². The number of benzene rings is 3. The van der Waals surface area contributed by atoms with Gasteiger partial charge in [-0.1, -0.05) is 48.5 Å². The monoisotopic (exact) mass is 547 g/mol. The van der Waals surface area contributed by atoms with E-state index in [-0.39, 0.29) is 30.3 Å². The summed E-state index contributed by atoms with van der Waals surface area (Å²) in [7, 11) is 0. The first-order chi connectivity index (χ1) is 18.6. The third-order valence-corrected chi connectivity index (χ3v) is 7.88. The number of fused-ring (bicyclic) bond motifs is 3. The van der Waals surface area contributed by atoms with E-state index in [4.69, 9.17) is 14.1 Å². The zero-order valence-electron chi connectivity index (χ0n) is 21.5. The number of nitrogens with one attached hydrogen (secondary N) is 1. The zero-order chi connectivity index (χ0) is 26.0. The molecule has 39 heavy (non-hydrogen) atoms. The maximum Gasteiger partial charge on any atom is 0.333 e. The Hall–Kier alpha value is -3.68. The number of nitrogens with zero attached hydrogens (tertiary/aromatic N) is 2. The fourth-order valence-electron chi connectivity index (χ4n) is 5.90. The number of oxazole rings is 1. The van der Waals surface area contributed by atoms with Gasteiger partial charge in [0.15, 0.2) is 12.1 Å². The average Bonchev–Trinajstić information content (AvgIpc) is 3.41. The topological polar surface area (TPSA) is 64.4 Å². The second kappa shape index (κ2) is 11.6. The average molecular weight is 548 g/mol. The Labute approximate surface area is 233 Å². The molecular formula is C31H31ClFN3O3. The SMILES string of the molecule is O=C(O[C@H]1C[N+]2(Cc3coc(-c4ccccc4)n3)CCC1CC2)C(Nc1ccccc1)c1cccc(F)c1.[Cl-]. The van der Waals surface area contributed by atoms with Gasteiger partial charge in [-0.15, -0.1) is 0 Å². The molecule has 3 aliphatic rings. The Morgan fingerprint density at radius 2 is 1.74 bits per heavy atom. The van der Waals surface area contributed by atoms with Gasteiger partial charge in [-0.25, -0.2) is 14.2 Å². The summed E-state index contributed by atoms with van der Waals surface area (Å²) in [5, 5.41) is 3.25. The number of esters is 1. The first kappa shape index (κ1) is 26.9. The number of anilines is 1. The minimum absolute atomic E-state index is 0. The molecule has 3 fully saturated rings.